The Morgan fingerprint density at radius 2 is 1.11 bits per heavy atom. The average Bonchev–Trinajstić information content (AvgIpc) is 2.37. The van der Waals surface area contributed by atoms with Crippen molar-refractivity contribution in [3.05, 3.63) is 59.7 Å². The largest absolute Gasteiger partial charge is 0.113 e. The first-order chi connectivity index (χ1) is 8.45. The predicted molar refractivity (Wildman–Crippen MR) is 81.8 cm³/mol. The molecule has 0 spiro atoms. The van der Waals surface area contributed by atoms with Gasteiger partial charge in [0.15, 0.2) is 0 Å². The molecule has 1 aliphatic heterocycles. The summed E-state index contributed by atoms with van der Waals surface area (Å²) in [6.45, 7) is 9.66. The van der Waals surface area contributed by atoms with Gasteiger partial charge in [-0.25, -0.2) is 0 Å². The molecule has 2 aromatic carbocycles. The molecule has 2 aromatic rings. The highest BCUT2D eigenvalue weighted by Gasteiger charge is 2.41. The van der Waals surface area contributed by atoms with E-state index in [1.54, 1.807) is 10.4 Å². The van der Waals surface area contributed by atoms with Crippen LogP contribution in [0, 0.1) is 0 Å². The normalized spacial score (nSPS) is 18.9. The maximum Gasteiger partial charge on any atom is 0.113 e. The molecular weight excluding hydrogens is 232 g/mol. The molecule has 0 unspecified atom stereocenters. The predicted octanol–water partition coefficient (Wildman–Crippen LogP) is 3.15. The van der Waals surface area contributed by atoms with E-state index in [0.717, 1.165) is 0 Å². The molecule has 0 saturated heterocycles. The van der Waals surface area contributed by atoms with E-state index in [0.29, 0.717) is 0 Å². The Kier molecular flexibility index (Phi) is 2.33. The van der Waals surface area contributed by atoms with Gasteiger partial charge in [-0.2, -0.15) is 0 Å². The lowest BCUT2D eigenvalue weighted by atomic mass is 9.77. The standard InChI is InChI=1S/C17H20Si/c1-17(2)13-9-5-7-11-15(13)18(3,4)16-12-8-6-10-14(16)17/h5-12H,1-4H3. The summed E-state index contributed by atoms with van der Waals surface area (Å²) in [6, 6.07) is 18.1. The Morgan fingerprint density at radius 3 is 1.56 bits per heavy atom. The first-order valence-corrected chi connectivity index (χ1v) is 9.65. The summed E-state index contributed by atoms with van der Waals surface area (Å²) in [5.74, 6) is 0. The lowest BCUT2D eigenvalue weighted by Crippen LogP contribution is -2.61. The third-order valence-corrected chi connectivity index (χ3v) is 8.11. The van der Waals surface area contributed by atoms with Gasteiger partial charge in [-0.15, -0.1) is 0 Å². The summed E-state index contributed by atoms with van der Waals surface area (Å²) in [6.07, 6.45) is 0. The molecule has 1 heterocycles. The van der Waals surface area contributed by atoms with Crippen LogP contribution in [0.2, 0.25) is 13.1 Å². The van der Waals surface area contributed by atoms with Crippen LogP contribution >= 0.6 is 0 Å². The lowest BCUT2D eigenvalue weighted by Gasteiger charge is -2.42. The Balaban J connectivity index is 2.41. The summed E-state index contributed by atoms with van der Waals surface area (Å²) in [7, 11) is -1.52. The summed E-state index contributed by atoms with van der Waals surface area (Å²) in [5.41, 5.74) is 3.19. The molecule has 18 heavy (non-hydrogen) atoms. The van der Waals surface area contributed by atoms with Crippen molar-refractivity contribution >= 4 is 18.4 Å². The van der Waals surface area contributed by atoms with Gasteiger partial charge in [0.2, 0.25) is 0 Å². The monoisotopic (exact) mass is 252 g/mol. The van der Waals surface area contributed by atoms with Crippen molar-refractivity contribution in [3.8, 4) is 0 Å². The van der Waals surface area contributed by atoms with Gasteiger partial charge in [0.25, 0.3) is 0 Å². The number of benzene rings is 2. The highest BCUT2D eigenvalue weighted by molar-refractivity contribution is 7.01. The second-order valence-electron chi connectivity index (χ2n) is 6.34. The smallest absolute Gasteiger partial charge is 0.0623 e. The molecule has 0 saturated carbocycles. The molecular formula is C17H20Si. The number of hydrogen-bond donors (Lipinski definition) is 0. The summed E-state index contributed by atoms with van der Waals surface area (Å²) >= 11 is 0. The number of rotatable bonds is 0. The van der Waals surface area contributed by atoms with Crippen molar-refractivity contribution in [2.24, 2.45) is 0 Å². The van der Waals surface area contributed by atoms with Crippen LogP contribution in [0.1, 0.15) is 25.0 Å². The minimum absolute atomic E-state index is 0.135. The van der Waals surface area contributed by atoms with Gasteiger partial charge in [-0.3, -0.25) is 0 Å². The maximum atomic E-state index is 2.47. The molecule has 92 valence electrons. The van der Waals surface area contributed by atoms with E-state index >= 15 is 0 Å². The lowest BCUT2D eigenvalue weighted by molar-refractivity contribution is 0.645. The minimum atomic E-state index is -1.52. The maximum absolute atomic E-state index is 2.47. The average molecular weight is 252 g/mol. The van der Waals surface area contributed by atoms with Gasteiger partial charge in [0.1, 0.15) is 8.07 Å². The first-order valence-electron chi connectivity index (χ1n) is 6.65. The minimum Gasteiger partial charge on any atom is -0.0623 e. The fourth-order valence-corrected chi connectivity index (χ4v) is 6.89. The van der Waals surface area contributed by atoms with Gasteiger partial charge < -0.3 is 0 Å². The zero-order valence-corrected chi connectivity index (χ0v) is 12.6. The molecule has 0 N–H and O–H groups in total. The van der Waals surface area contributed by atoms with E-state index in [1.807, 2.05) is 0 Å². The fourth-order valence-electron chi connectivity index (χ4n) is 3.44. The number of fused-ring (bicyclic) bond motifs is 2. The van der Waals surface area contributed by atoms with Crippen LogP contribution < -0.4 is 10.4 Å². The quantitative estimate of drug-likeness (QED) is 0.632. The van der Waals surface area contributed by atoms with Crippen molar-refractivity contribution in [2.45, 2.75) is 32.4 Å². The van der Waals surface area contributed by atoms with Crippen LogP contribution in [0.3, 0.4) is 0 Å². The molecule has 0 atom stereocenters. The van der Waals surface area contributed by atoms with E-state index in [-0.39, 0.29) is 5.41 Å². The van der Waals surface area contributed by atoms with Gasteiger partial charge in [0.05, 0.1) is 0 Å². The zero-order valence-electron chi connectivity index (χ0n) is 11.6. The molecule has 0 bridgehead atoms. The molecule has 0 nitrogen and oxygen atoms in total. The molecule has 0 radical (unpaired) electrons. The van der Waals surface area contributed by atoms with Crippen molar-refractivity contribution in [1.82, 2.24) is 0 Å². The Bertz CT molecular complexity index is 503. The fraction of sp³-hybridized carbons (Fsp3) is 0.294. The highest BCUT2D eigenvalue weighted by Crippen LogP contribution is 2.35. The van der Waals surface area contributed by atoms with Crippen molar-refractivity contribution < 1.29 is 0 Å². The Hall–Kier alpha value is -1.34. The van der Waals surface area contributed by atoms with Crippen molar-refractivity contribution in [1.29, 1.82) is 0 Å². The van der Waals surface area contributed by atoms with Gasteiger partial charge in [0, 0.05) is 5.41 Å². The Morgan fingerprint density at radius 1 is 0.722 bits per heavy atom. The number of hydrogen-bond acceptors (Lipinski definition) is 0. The molecule has 0 aliphatic carbocycles. The highest BCUT2D eigenvalue weighted by atomic mass is 28.3. The summed E-state index contributed by atoms with van der Waals surface area (Å²) < 4.78 is 0. The van der Waals surface area contributed by atoms with E-state index in [9.17, 15) is 0 Å². The second-order valence-corrected chi connectivity index (χ2v) is 10.7. The van der Waals surface area contributed by atoms with Gasteiger partial charge >= 0.3 is 0 Å². The van der Waals surface area contributed by atoms with Gasteiger partial charge in [-0.05, 0) is 11.1 Å². The van der Waals surface area contributed by atoms with Crippen LogP contribution in [0.15, 0.2) is 48.5 Å². The second kappa shape index (κ2) is 3.58. The third kappa shape index (κ3) is 1.37. The zero-order chi connectivity index (χ0) is 13.0. The topological polar surface area (TPSA) is 0 Å². The molecule has 0 aromatic heterocycles. The summed E-state index contributed by atoms with van der Waals surface area (Å²) in [4.78, 5) is 0. The van der Waals surface area contributed by atoms with E-state index in [1.165, 1.54) is 11.1 Å². The van der Waals surface area contributed by atoms with Crippen molar-refractivity contribution in [2.75, 3.05) is 0 Å². The SMILES string of the molecule is CC1(C)c2ccccc2[Si](C)(C)c2ccccc21. The third-order valence-electron chi connectivity index (χ3n) is 4.55. The Labute approximate surface area is 111 Å². The van der Waals surface area contributed by atoms with Crippen LogP contribution in [0.4, 0.5) is 0 Å². The first kappa shape index (κ1) is 11.7. The molecule has 1 aliphatic rings. The van der Waals surface area contributed by atoms with E-state index in [4.69, 9.17) is 0 Å². The van der Waals surface area contributed by atoms with Gasteiger partial charge in [-0.1, -0.05) is 85.8 Å². The van der Waals surface area contributed by atoms with E-state index < -0.39 is 8.07 Å². The van der Waals surface area contributed by atoms with Crippen molar-refractivity contribution in [3.63, 3.8) is 0 Å². The van der Waals surface area contributed by atoms with Crippen LogP contribution in [0.25, 0.3) is 0 Å². The van der Waals surface area contributed by atoms with E-state index in [2.05, 4.69) is 75.5 Å². The van der Waals surface area contributed by atoms with Crippen LogP contribution in [-0.2, 0) is 5.41 Å². The van der Waals surface area contributed by atoms with Crippen LogP contribution in [0.5, 0.6) is 0 Å². The van der Waals surface area contributed by atoms with Crippen LogP contribution in [-0.4, -0.2) is 8.07 Å². The molecule has 0 fully saturated rings. The molecule has 0 amide bonds. The molecule has 1 heteroatoms. The summed E-state index contributed by atoms with van der Waals surface area (Å²) in [5, 5.41) is 3.21. The molecule has 3 rings (SSSR count).